The fourth-order valence-electron chi connectivity index (χ4n) is 1.49. The van der Waals surface area contributed by atoms with Crippen LogP contribution >= 0.6 is 11.8 Å². The first-order valence-electron chi connectivity index (χ1n) is 6.03. The second kappa shape index (κ2) is 8.02. The number of hydrogen-bond acceptors (Lipinski definition) is 4. The average molecular weight is 304 g/mol. The van der Waals surface area contributed by atoms with Crippen LogP contribution in [0.15, 0.2) is 18.2 Å². The van der Waals surface area contributed by atoms with E-state index in [1.807, 2.05) is 0 Å². The third-order valence-electron chi connectivity index (χ3n) is 2.48. The predicted molar refractivity (Wildman–Crippen MR) is 73.7 cm³/mol. The van der Waals surface area contributed by atoms with Crippen LogP contribution in [0.4, 0.5) is 18.9 Å². The summed E-state index contributed by atoms with van der Waals surface area (Å²) in [5.41, 5.74) is -0.430. The molecule has 0 unspecified atom stereocenters. The van der Waals surface area contributed by atoms with Crippen LogP contribution in [-0.4, -0.2) is 29.8 Å². The van der Waals surface area contributed by atoms with E-state index in [0.29, 0.717) is 18.7 Å². The Morgan fingerprint density at radius 1 is 1.30 bits per heavy atom. The molecule has 110 valence electrons. The molecule has 0 aliphatic heterocycles. The summed E-state index contributed by atoms with van der Waals surface area (Å²) in [6.07, 6.45) is -3.72. The molecule has 1 rings (SSSR count). The second-order valence-corrected chi connectivity index (χ2v) is 5.21. The van der Waals surface area contributed by atoms with Crippen molar-refractivity contribution in [1.82, 2.24) is 0 Å². The van der Waals surface area contributed by atoms with Crippen LogP contribution in [0, 0.1) is 11.3 Å². The zero-order valence-electron chi connectivity index (χ0n) is 10.7. The highest BCUT2D eigenvalue weighted by Gasteiger charge is 2.30. The molecule has 20 heavy (non-hydrogen) atoms. The van der Waals surface area contributed by atoms with Gasteiger partial charge in [-0.15, -0.1) is 0 Å². The van der Waals surface area contributed by atoms with Crippen molar-refractivity contribution in [3.05, 3.63) is 29.3 Å². The van der Waals surface area contributed by atoms with Crippen LogP contribution in [0.25, 0.3) is 0 Å². The van der Waals surface area contributed by atoms with E-state index in [1.165, 1.54) is 6.07 Å². The first-order chi connectivity index (χ1) is 9.49. The summed E-state index contributed by atoms with van der Waals surface area (Å²) in [5, 5.41) is 20.4. The lowest BCUT2D eigenvalue weighted by atomic mass is 10.1. The van der Waals surface area contributed by atoms with Gasteiger partial charge in [0.05, 0.1) is 16.8 Å². The maximum absolute atomic E-state index is 12.5. The van der Waals surface area contributed by atoms with Gasteiger partial charge in [0.2, 0.25) is 0 Å². The number of anilines is 1. The maximum atomic E-state index is 12.5. The summed E-state index contributed by atoms with van der Waals surface area (Å²) in [5.74, 6) is 1.59. The van der Waals surface area contributed by atoms with Gasteiger partial charge in [0.25, 0.3) is 0 Å². The number of hydrogen-bond donors (Lipinski definition) is 2. The highest BCUT2D eigenvalue weighted by Crippen LogP contribution is 2.31. The number of rotatable bonds is 7. The van der Waals surface area contributed by atoms with Gasteiger partial charge in [0.1, 0.15) is 6.07 Å². The van der Waals surface area contributed by atoms with Crippen LogP contribution in [0.5, 0.6) is 0 Å². The van der Waals surface area contributed by atoms with Crippen LogP contribution < -0.4 is 5.32 Å². The minimum atomic E-state index is -4.44. The summed E-state index contributed by atoms with van der Waals surface area (Å²) in [7, 11) is 0. The summed E-state index contributed by atoms with van der Waals surface area (Å²) in [4.78, 5) is 0. The first-order valence-corrected chi connectivity index (χ1v) is 7.18. The largest absolute Gasteiger partial charge is 0.416 e. The topological polar surface area (TPSA) is 56.0 Å². The van der Waals surface area contributed by atoms with Crippen molar-refractivity contribution in [2.24, 2.45) is 0 Å². The van der Waals surface area contributed by atoms with E-state index in [4.69, 9.17) is 10.4 Å². The Morgan fingerprint density at radius 2 is 2.05 bits per heavy atom. The number of benzene rings is 1. The Labute approximate surface area is 119 Å². The van der Waals surface area contributed by atoms with Gasteiger partial charge in [-0.1, -0.05) is 0 Å². The molecule has 0 saturated carbocycles. The van der Waals surface area contributed by atoms with E-state index in [1.54, 1.807) is 17.8 Å². The van der Waals surface area contributed by atoms with E-state index < -0.39 is 11.7 Å². The maximum Gasteiger partial charge on any atom is 0.416 e. The molecule has 0 atom stereocenters. The van der Waals surface area contributed by atoms with Gasteiger partial charge in [0.15, 0.2) is 0 Å². The number of nitrogens with one attached hydrogen (secondary N) is 1. The molecule has 0 amide bonds. The number of aliphatic hydroxyl groups excluding tert-OH is 1. The van der Waals surface area contributed by atoms with Crippen molar-refractivity contribution >= 4 is 17.4 Å². The molecular formula is C13H15F3N2OS. The SMILES string of the molecule is N#Cc1cc(C(F)(F)F)ccc1NCCSCCCO. The third kappa shape index (κ3) is 5.31. The molecule has 0 bridgehead atoms. The quantitative estimate of drug-likeness (QED) is 0.760. The molecule has 1 aromatic rings. The Hall–Kier alpha value is -1.39. The number of aliphatic hydroxyl groups is 1. The van der Waals surface area contributed by atoms with Gasteiger partial charge in [-0.25, -0.2) is 0 Å². The first kappa shape index (κ1) is 16.7. The van der Waals surface area contributed by atoms with Crippen LogP contribution in [-0.2, 0) is 6.18 Å². The molecule has 0 aromatic heterocycles. The van der Waals surface area contributed by atoms with Crippen molar-refractivity contribution in [1.29, 1.82) is 5.26 Å². The fraction of sp³-hybridized carbons (Fsp3) is 0.462. The van der Waals surface area contributed by atoms with Crippen LogP contribution in [0.2, 0.25) is 0 Å². The highest BCUT2D eigenvalue weighted by molar-refractivity contribution is 7.99. The van der Waals surface area contributed by atoms with E-state index in [9.17, 15) is 13.2 Å². The summed E-state index contributed by atoms with van der Waals surface area (Å²) in [6, 6.07) is 4.85. The summed E-state index contributed by atoms with van der Waals surface area (Å²) >= 11 is 1.63. The molecular weight excluding hydrogens is 289 g/mol. The van der Waals surface area contributed by atoms with Crippen molar-refractivity contribution in [2.75, 3.05) is 30.0 Å². The molecule has 3 nitrogen and oxygen atoms in total. The lowest BCUT2D eigenvalue weighted by Crippen LogP contribution is -2.09. The molecule has 0 spiro atoms. The molecule has 7 heteroatoms. The minimum absolute atomic E-state index is 0.0137. The molecule has 1 aromatic carbocycles. The lowest BCUT2D eigenvalue weighted by Gasteiger charge is -2.11. The highest BCUT2D eigenvalue weighted by atomic mass is 32.2. The monoisotopic (exact) mass is 304 g/mol. The van der Waals surface area contributed by atoms with Gasteiger partial charge in [0, 0.05) is 18.9 Å². The number of thioether (sulfide) groups is 1. The van der Waals surface area contributed by atoms with Crippen molar-refractivity contribution in [3.8, 4) is 6.07 Å². The molecule has 0 fully saturated rings. The minimum Gasteiger partial charge on any atom is -0.396 e. The number of nitriles is 1. The molecule has 2 N–H and O–H groups in total. The second-order valence-electron chi connectivity index (χ2n) is 3.99. The number of halogens is 3. The van der Waals surface area contributed by atoms with Gasteiger partial charge >= 0.3 is 6.18 Å². The van der Waals surface area contributed by atoms with Crippen molar-refractivity contribution < 1.29 is 18.3 Å². The Morgan fingerprint density at radius 3 is 2.65 bits per heavy atom. The molecule has 0 aliphatic rings. The Kier molecular flexibility index (Phi) is 6.68. The molecule has 0 radical (unpaired) electrons. The Bertz CT molecular complexity index is 472. The average Bonchev–Trinajstić information content (AvgIpc) is 2.41. The zero-order chi connectivity index (χ0) is 15.0. The lowest BCUT2D eigenvalue weighted by molar-refractivity contribution is -0.137. The van der Waals surface area contributed by atoms with Crippen molar-refractivity contribution in [3.63, 3.8) is 0 Å². The normalized spacial score (nSPS) is 11.2. The van der Waals surface area contributed by atoms with Gasteiger partial charge < -0.3 is 10.4 Å². The van der Waals surface area contributed by atoms with E-state index in [0.717, 1.165) is 23.6 Å². The van der Waals surface area contributed by atoms with E-state index in [2.05, 4.69) is 5.32 Å². The molecule has 0 heterocycles. The van der Waals surface area contributed by atoms with Crippen molar-refractivity contribution in [2.45, 2.75) is 12.6 Å². The summed E-state index contributed by atoms with van der Waals surface area (Å²) < 4.78 is 37.5. The fourth-order valence-corrected chi connectivity index (χ4v) is 2.28. The molecule has 0 aliphatic carbocycles. The zero-order valence-corrected chi connectivity index (χ0v) is 11.5. The smallest absolute Gasteiger partial charge is 0.396 e. The van der Waals surface area contributed by atoms with E-state index in [-0.39, 0.29) is 12.2 Å². The number of nitrogens with zero attached hydrogens (tertiary/aromatic N) is 1. The van der Waals surface area contributed by atoms with Crippen LogP contribution in [0.1, 0.15) is 17.5 Å². The van der Waals surface area contributed by atoms with Gasteiger partial charge in [-0.2, -0.15) is 30.2 Å². The summed E-state index contributed by atoms with van der Waals surface area (Å²) in [6.45, 7) is 0.702. The van der Waals surface area contributed by atoms with Gasteiger partial charge in [-0.3, -0.25) is 0 Å². The molecule has 0 saturated heterocycles. The standard InChI is InChI=1S/C13H15F3N2OS/c14-13(15,16)11-2-3-12(10(8-11)9-17)18-4-7-20-6-1-5-19/h2-3,8,18-19H,1,4-7H2. The predicted octanol–water partition coefficient (Wildman–Crippen LogP) is 3.10. The number of alkyl halides is 3. The van der Waals surface area contributed by atoms with Gasteiger partial charge in [-0.05, 0) is 30.4 Å². The third-order valence-corrected chi connectivity index (χ3v) is 3.55. The van der Waals surface area contributed by atoms with E-state index >= 15 is 0 Å². The van der Waals surface area contributed by atoms with Crippen LogP contribution in [0.3, 0.4) is 0 Å². The Balaban J connectivity index is 2.56.